The second kappa shape index (κ2) is 4.40. The Kier molecular flexibility index (Phi) is 2.96. The van der Waals surface area contributed by atoms with Crippen LogP contribution in [0.15, 0.2) is 24.4 Å². The lowest BCUT2D eigenvalue weighted by atomic mass is 10.1. The monoisotopic (exact) mass is 220 g/mol. The highest BCUT2D eigenvalue weighted by Crippen LogP contribution is 2.21. The standard InChI is InChI=1S/C11H13FN4/c1-8-6-9(12)2-3-10(8)11-7-16(5-4-13)15-14-11/h2-3,6-7H,4-5,13H2,1H3. The molecule has 0 amide bonds. The summed E-state index contributed by atoms with van der Waals surface area (Å²) in [5.74, 6) is -0.240. The molecule has 0 unspecified atom stereocenters. The highest BCUT2D eigenvalue weighted by atomic mass is 19.1. The van der Waals surface area contributed by atoms with Crippen LogP contribution >= 0.6 is 0 Å². The van der Waals surface area contributed by atoms with E-state index in [0.717, 1.165) is 16.8 Å². The Morgan fingerprint density at radius 1 is 1.44 bits per heavy atom. The van der Waals surface area contributed by atoms with Crippen LogP contribution in [0.4, 0.5) is 4.39 Å². The van der Waals surface area contributed by atoms with Gasteiger partial charge in [-0.15, -0.1) is 5.10 Å². The normalized spacial score (nSPS) is 10.7. The smallest absolute Gasteiger partial charge is 0.123 e. The van der Waals surface area contributed by atoms with Gasteiger partial charge in [-0.1, -0.05) is 5.21 Å². The number of hydrogen-bond acceptors (Lipinski definition) is 3. The molecule has 1 aromatic heterocycles. The van der Waals surface area contributed by atoms with Crippen molar-refractivity contribution in [2.45, 2.75) is 13.5 Å². The summed E-state index contributed by atoms with van der Waals surface area (Å²) in [7, 11) is 0. The second-order valence-electron chi connectivity index (χ2n) is 3.61. The first-order valence-corrected chi connectivity index (χ1v) is 5.07. The fourth-order valence-corrected chi connectivity index (χ4v) is 1.58. The molecule has 0 saturated heterocycles. The minimum absolute atomic E-state index is 0.240. The predicted molar refractivity (Wildman–Crippen MR) is 59.2 cm³/mol. The van der Waals surface area contributed by atoms with E-state index >= 15 is 0 Å². The van der Waals surface area contributed by atoms with Gasteiger partial charge in [0.15, 0.2) is 0 Å². The number of halogens is 1. The lowest BCUT2D eigenvalue weighted by molar-refractivity contribution is 0.598. The van der Waals surface area contributed by atoms with Gasteiger partial charge in [0.2, 0.25) is 0 Å². The molecule has 84 valence electrons. The van der Waals surface area contributed by atoms with Gasteiger partial charge in [0.25, 0.3) is 0 Å². The Labute approximate surface area is 92.9 Å². The maximum atomic E-state index is 12.9. The first-order chi connectivity index (χ1) is 7.70. The van der Waals surface area contributed by atoms with Crippen molar-refractivity contribution in [3.05, 3.63) is 35.8 Å². The fraction of sp³-hybridized carbons (Fsp3) is 0.273. The molecule has 1 heterocycles. The van der Waals surface area contributed by atoms with Crippen LogP contribution in [-0.2, 0) is 6.54 Å². The van der Waals surface area contributed by atoms with Crippen molar-refractivity contribution in [1.82, 2.24) is 15.0 Å². The summed E-state index contributed by atoms with van der Waals surface area (Å²) in [6, 6.07) is 4.61. The van der Waals surface area contributed by atoms with Crippen molar-refractivity contribution >= 4 is 0 Å². The van der Waals surface area contributed by atoms with Crippen LogP contribution in [0.1, 0.15) is 5.56 Å². The van der Waals surface area contributed by atoms with E-state index in [-0.39, 0.29) is 5.82 Å². The molecule has 2 rings (SSSR count). The average Bonchev–Trinajstić information content (AvgIpc) is 2.67. The minimum atomic E-state index is -0.240. The maximum Gasteiger partial charge on any atom is 0.123 e. The molecule has 0 fully saturated rings. The van der Waals surface area contributed by atoms with E-state index in [4.69, 9.17) is 5.73 Å². The molecule has 2 N–H and O–H groups in total. The third-order valence-corrected chi connectivity index (χ3v) is 2.36. The Balaban J connectivity index is 2.35. The molecular formula is C11H13FN4. The molecule has 0 bridgehead atoms. The van der Waals surface area contributed by atoms with Gasteiger partial charge >= 0.3 is 0 Å². The Hall–Kier alpha value is -1.75. The molecule has 16 heavy (non-hydrogen) atoms. The van der Waals surface area contributed by atoms with Crippen LogP contribution in [-0.4, -0.2) is 21.5 Å². The summed E-state index contributed by atoms with van der Waals surface area (Å²) in [5, 5.41) is 7.97. The molecule has 0 aliphatic rings. The Morgan fingerprint density at radius 3 is 2.94 bits per heavy atom. The molecule has 0 aliphatic carbocycles. The zero-order valence-corrected chi connectivity index (χ0v) is 9.02. The number of rotatable bonds is 3. The average molecular weight is 220 g/mol. The molecule has 4 nitrogen and oxygen atoms in total. The van der Waals surface area contributed by atoms with E-state index in [1.165, 1.54) is 12.1 Å². The quantitative estimate of drug-likeness (QED) is 0.849. The van der Waals surface area contributed by atoms with E-state index < -0.39 is 0 Å². The number of nitrogens with zero attached hydrogens (tertiary/aromatic N) is 3. The zero-order valence-electron chi connectivity index (χ0n) is 9.02. The van der Waals surface area contributed by atoms with Gasteiger partial charge in [-0.05, 0) is 30.7 Å². The summed E-state index contributed by atoms with van der Waals surface area (Å²) >= 11 is 0. The number of aromatic nitrogens is 3. The Bertz CT molecular complexity index is 492. The first-order valence-electron chi connectivity index (χ1n) is 5.07. The van der Waals surface area contributed by atoms with Crippen LogP contribution in [0.3, 0.4) is 0 Å². The van der Waals surface area contributed by atoms with Crippen molar-refractivity contribution in [2.24, 2.45) is 5.73 Å². The summed E-state index contributed by atoms with van der Waals surface area (Å²) in [4.78, 5) is 0. The predicted octanol–water partition coefficient (Wildman–Crippen LogP) is 1.35. The van der Waals surface area contributed by atoms with Gasteiger partial charge in [-0.3, -0.25) is 4.68 Å². The summed E-state index contributed by atoms with van der Waals surface area (Å²) in [6.07, 6.45) is 1.81. The minimum Gasteiger partial charge on any atom is -0.329 e. The van der Waals surface area contributed by atoms with Gasteiger partial charge in [-0.2, -0.15) is 0 Å². The van der Waals surface area contributed by atoms with Crippen molar-refractivity contribution in [3.63, 3.8) is 0 Å². The van der Waals surface area contributed by atoms with Crippen LogP contribution < -0.4 is 5.73 Å². The van der Waals surface area contributed by atoms with E-state index in [9.17, 15) is 4.39 Å². The third kappa shape index (κ3) is 2.09. The number of aryl methyl sites for hydroxylation is 1. The molecule has 0 spiro atoms. The largest absolute Gasteiger partial charge is 0.329 e. The lowest BCUT2D eigenvalue weighted by Crippen LogP contribution is -2.10. The molecular weight excluding hydrogens is 207 g/mol. The molecule has 0 radical (unpaired) electrons. The highest BCUT2D eigenvalue weighted by Gasteiger charge is 2.07. The van der Waals surface area contributed by atoms with Crippen LogP contribution in [0, 0.1) is 12.7 Å². The van der Waals surface area contributed by atoms with E-state index in [1.54, 1.807) is 10.7 Å². The number of nitrogens with two attached hydrogens (primary N) is 1. The van der Waals surface area contributed by atoms with Crippen molar-refractivity contribution in [2.75, 3.05) is 6.54 Å². The third-order valence-electron chi connectivity index (χ3n) is 2.36. The van der Waals surface area contributed by atoms with Crippen LogP contribution in [0.5, 0.6) is 0 Å². The molecule has 5 heteroatoms. The van der Waals surface area contributed by atoms with E-state index in [1.807, 2.05) is 13.1 Å². The molecule has 0 saturated carbocycles. The number of hydrogen-bond donors (Lipinski definition) is 1. The fourth-order valence-electron chi connectivity index (χ4n) is 1.58. The first kappa shape index (κ1) is 10.8. The maximum absolute atomic E-state index is 12.9. The lowest BCUT2D eigenvalue weighted by Gasteiger charge is -2.01. The Morgan fingerprint density at radius 2 is 2.25 bits per heavy atom. The van der Waals surface area contributed by atoms with Crippen molar-refractivity contribution < 1.29 is 4.39 Å². The van der Waals surface area contributed by atoms with Gasteiger partial charge in [0, 0.05) is 12.1 Å². The molecule has 0 atom stereocenters. The van der Waals surface area contributed by atoms with Crippen molar-refractivity contribution in [1.29, 1.82) is 0 Å². The van der Waals surface area contributed by atoms with Gasteiger partial charge in [0.05, 0.1) is 12.7 Å². The van der Waals surface area contributed by atoms with Gasteiger partial charge in [-0.25, -0.2) is 4.39 Å². The topological polar surface area (TPSA) is 56.7 Å². The van der Waals surface area contributed by atoms with Crippen molar-refractivity contribution in [3.8, 4) is 11.3 Å². The molecule has 0 aliphatic heterocycles. The summed E-state index contributed by atoms with van der Waals surface area (Å²) < 4.78 is 14.6. The summed E-state index contributed by atoms with van der Waals surface area (Å²) in [6.45, 7) is 3.00. The van der Waals surface area contributed by atoms with Gasteiger partial charge < -0.3 is 5.73 Å². The number of benzene rings is 1. The second-order valence-corrected chi connectivity index (χ2v) is 3.61. The van der Waals surface area contributed by atoms with Gasteiger partial charge in [0.1, 0.15) is 11.5 Å². The molecule has 2 aromatic rings. The SMILES string of the molecule is Cc1cc(F)ccc1-c1cn(CCN)nn1. The highest BCUT2D eigenvalue weighted by molar-refractivity contribution is 5.62. The van der Waals surface area contributed by atoms with Crippen LogP contribution in [0.25, 0.3) is 11.3 Å². The van der Waals surface area contributed by atoms with E-state index in [2.05, 4.69) is 10.3 Å². The summed E-state index contributed by atoms with van der Waals surface area (Å²) in [5.41, 5.74) is 7.90. The van der Waals surface area contributed by atoms with Crippen LogP contribution in [0.2, 0.25) is 0 Å². The van der Waals surface area contributed by atoms with E-state index in [0.29, 0.717) is 13.1 Å². The molecule has 1 aromatic carbocycles. The zero-order chi connectivity index (χ0) is 11.5.